The van der Waals surface area contributed by atoms with E-state index in [4.69, 9.17) is 32.7 Å². The molecular weight excluding hydrogens is 439 g/mol. The van der Waals surface area contributed by atoms with Crippen molar-refractivity contribution in [3.63, 3.8) is 0 Å². The highest BCUT2D eigenvalue weighted by molar-refractivity contribution is 6.32. The zero-order valence-electron chi connectivity index (χ0n) is 17.6. The molecule has 1 aliphatic heterocycles. The molecule has 0 aliphatic carbocycles. The van der Waals surface area contributed by atoms with Gasteiger partial charge in [-0.2, -0.15) is 0 Å². The predicted molar refractivity (Wildman–Crippen MR) is 121 cm³/mol. The molecule has 6 nitrogen and oxygen atoms in total. The van der Waals surface area contributed by atoms with Gasteiger partial charge in [0.2, 0.25) is 0 Å². The highest BCUT2D eigenvalue weighted by Gasteiger charge is 2.29. The number of hydrogen-bond donors (Lipinski definition) is 0. The maximum atomic E-state index is 12.9. The van der Waals surface area contributed by atoms with Crippen LogP contribution < -0.4 is 9.47 Å². The van der Waals surface area contributed by atoms with Crippen molar-refractivity contribution >= 4 is 35.0 Å². The van der Waals surface area contributed by atoms with Crippen LogP contribution in [-0.4, -0.2) is 60.0 Å². The molecule has 0 radical (unpaired) electrons. The number of carbonyl (C=O) groups excluding carboxylic acids is 2. The van der Waals surface area contributed by atoms with Gasteiger partial charge in [0.15, 0.2) is 12.2 Å². The Labute approximate surface area is 192 Å². The van der Waals surface area contributed by atoms with E-state index in [2.05, 4.69) is 0 Å². The van der Waals surface area contributed by atoms with Crippen molar-refractivity contribution in [3.8, 4) is 11.5 Å². The van der Waals surface area contributed by atoms with Crippen LogP contribution in [0.5, 0.6) is 11.5 Å². The lowest BCUT2D eigenvalue weighted by molar-refractivity contribution is -0.140. The summed E-state index contributed by atoms with van der Waals surface area (Å²) < 4.78 is 11.5. The van der Waals surface area contributed by atoms with Crippen molar-refractivity contribution in [1.82, 2.24) is 9.80 Å². The Morgan fingerprint density at radius 2 is 1.13 bits per heavy atom. The van der Waals surface area contributed by atoms with E-state index in [1.54, 1.807) is 72.2 Å². The third-order valence-corrected chi connectivity index (χ3v) is 5.72. The zero-order valence-corrected chi connectivity index (χ0v) is 19.1. The summed E-state index contributed by atoms with van der Waals surface area (Å²) in [6.07, 6.45) is -0.677. The quantitative estimate of drug-likeness (QED) is 0.639. The highest BCUT2D eigenvalue weighted by Crippen LogP contribution is 2.26. The first-order chi connectivity index (χ1) is 14.9. The maximum Gasteiger partial charge on any atom is 0.263 e. The number of ether oxygens (including phenoxy) is 2. The molecule has 0 spiro atoms. The molecule has 2 unspecified atom stereocenters. The fraction of sp³-hybridized carbons (Fsp3) is 0.391. The molecule has 0 bridgehead atoms. The average molecular weight is 465 g/mol. The Morgan fingerprint density at radius 1 is 0.742 bits per heavy atom. The van der Waals surface area contributed by atoms with E-state index in [1.807, 2.05) is 0 Å². The normalized spacial score (nSPS) is 16.3. The lowest BCUT2D eigenvalue weighted by atomic mass is 10.3. The summed E-state index contributed by atoms with van der Waals surface area (Å²) in [6.45, 7) is 5.38. The molecule has 1 fully saturated rings. The molecule has 1 heterocycles. The third kappa shape index (κ3) is 6.05. The SMILES string of the molecule is CC(Oc1ccccc1Cl)C(=O)N1CCCN(C(=O)C(C)Oc2ccccc2Cl)CC1. The highest BCUT2D eigenvalue weighted by atomic mass is 35.5. The van der Waals surface area contributed by atoms with Crippen LogP contribution in [0.25, 0.3) is 0 Å². The Bertz CT molecular complexity index is 850. The number of para-hydroxylation sites is 2. The summed E-state index contributed by atoms with van der Waals surface area (Å²) in [4.78, 5) is 29.2. The van der Waals surface area contributed by atoms with Gasteiger partial charge in [-0.1, -0.05) is 47.5 Å². The van der Waals surface area contributed by atoms with Gasteiger partial charge in [0.05, 0.1) is 10.0 Å². The number of nitrogens with zero attached hydrogens (tertiary/aromatic N) is 2. The Kier molecular flexibility index (Phi) is 8.04. The van der Waals surface area contributed by atoms with Crippen molar-refractivity contribution < 1.29 is 19.1 Å². The fourth-order valence-electron chi connectivity index (χ4n) is 3.43. The average Bonchev–Trinajstić information content (AvgIpc) is 3.02. The third-order valence-electron chi connectivity index (χ3n) is 5.10. The lowest BCUT2D eigenvalue weighted by Gasteiger charge is -2.26. The predicted octanol–water partition coefficient (Wildman–Crippen LogP) is 4.29. The first-order valence-corrected chi connectivity index (χ1v) is 11.0. The van der Waals surface area contributed by atoms with Crippen LogP contribution >= 0.6 is 23.2 Å². The van der Waals surface area contributed by atoms with Crippen molar-refractivity contribution in [2.75, 3.05) is 26.2 Å². The van der Waals surface area contributed by atoms with Gasteiger partial charge in [-0.3, -0.25) is 9.59 Å². The molecule has 0 aromatic heterocycles. The van der Waals surface area contributed by atoms with Crippen molar-refractivity contribution in [1.29, 1.82) is 0 Å². The molecule has 0 saturated carbocycles. The number of halogens is 2. The molecule has 2 atom stereocenters. The van der Waals surface area contributed by atoms with E-state index in [0.29, 0.717) is 54.1 Å². The maximum absolute atomic E-state index is 12.9. The topological polar surface area (TPSA) is 59.1 Å². The summed E-state index contributed by atoms with van der Waals surface area (Å²) >= 11 is 12.2. The van der Waals surface area contributed by atoms with Crippen LogP contribution in [0.1, 0.15) is 20.3 Å². The van der Waals surface area contributed by atoms with E-state index in [-0.39, 0.29) is 11.8 Å². The first-order valence-electron chi connectivity index (χ1n) is 10.3. The minimum absolute atomic E-state index is 0.130. The van der Waals surface area contributed by atoms with E-state index < -0.39 is 12.2 Å². The molecule has 31 heavy (non-hydrogen) atoms. The summed E-state index contributed by atoms with van der Waals surface area (Å²) in [5.41, 5.74) is 0. The monoisotopic (exact) mass is 464 g/mol. The molecule has 166 valence electrons. The lowest BCUT2D eigenvalue weighted by Crippen LogP contribution is -2.45. The Hall–Kier alpha value is -2.44. The van der Waals surface area contributed by atoms with Gasteiger partial charge in [-0.15, -0.1) is 0 Å². The van der Waals surface area contributed by atoms with Crippen LogP contribution in [0.2, 0.25) is 10.0 Å². The smallest absolute Gasteiger partial charge is 0.263 e. The number of benzene rings is 2. The van der Waals surface area contributed by atoms with Gasteiger partial charge in [-0.25, -0.2) is 0 Å². The van der Waals surface area contributed by atoms with E-state index in [9.17, 15) is 9.59 Å². The number of rotatable bonds is 6. The van der Waals surface area contributed by atoms with Crippen LogP contribution in [0.15, 0.2) is 48.5 Å². The van der Waals surface area contributed by atoms with Gasteiger partial charge in [0, 0.05) is 26.2 Å². The van der Waals surface area contributed by atoms with Crippen molar-refractivity contribution in [3.05, 3.63) is 58.6 Å². The summed E-state index contributed by atoms with van der Waals surface area (Å²) in [5.74, 6) is 0.688. The van der Waals surface area contributed by atoms with E-state index in [0.717, 1.165) is 0 Å². The zero-order chi connectivity index (χ0) is 22.4. The van der Waals surface area contributed by atoms with Gasteiger partial charge < -0.3 is 19.3 Å². The molecule has 2 amide bonds. The van der Waals surface area contributed by atoms with Crippen molar-refractivity contribution in [2.24, 2.45) is 0 Å². The molecule has 1 saturated heterocycles. The van der Waals surface area contributed by atoms with Crippen LogP contribution in [0.3, 0.4) is 0 Å². The van der Waals surface area contributed by atoms with Crippen molar-refractivity contribution in [2.45, 2.75) is 32.5 Å². The molecule has 2 aromatic rings. The molecule has 0 N–H and O–H groups in total. The van der Waals surface area contributed by atoms with Gasteiger partial charge in [0.1, 0.15) is 11.5 Å². The number of carbonyl (C=O) groups is 2. The molecule has 8 heteroatoms. The van der Waals surface area contributed by atoms with Gasteiger partial charge in [0.25, 0.3) is 11.8 Å². The number of hydrogen-bond acceptors (Lipinski definition) is 4. The molecular formula is C23H26Cl2N2O4. The van der Waals surface area contributed by atoms with Gasteiger partial charge in [-0.05, 0) is 44.5 Å². The largest absolute Gasteiger partial charge is 0.479 e. The van der Waals surface area contributed by atoms with E-state index >= 15 is 0 Å². The Balaban J connectivity index is 1.55. The molecule has 2 aromatic carbocycles. The first kappa shape index (κ1) is 23.2. The fourth-order valence-corrected chi connectivity index (χ4v) is 3.80. The summed E-state index contributed by atoms with van der Waals surface area (Å²) in [5, 5.41) is 0.921. The standard InChI is InChI=1S/C23H26Cl2N2O4/c1-16(30-20-10-5-3-8-18(20)24)22(28)26-12-7-13-27(15-14-26)23(29)17(2)31-21-11-6-4-9-19(21)25/h3-6,8-11,16-17H,7,12-15H2,1-2H3. The van der Waals surface area contributed by atoms with Crippen LogP contribution in [-0.2, 0) is 9.59 Å². The van der Waals surface area contributed by atoms with Gasteiger partial charge >= 0.3 is 0 Å². The second kappa shape index (κ2) is 10.7. The summed E-state index contributed by atoms with van der Waals surface area (Å²) in [6, 6.07) is 14.1. The van der Waals surface area contributed by atoms with Crippen LogP contribution in [0.4, 0.5) is 0 Å². The minimum atomic E-state index is -0.676. The minimum Gasteiger partial charge on any atom is -0.479 e. The van der Waals surface area contributed by atoms with Crippen LogP contribution in [0, 0.1) is 0 Å². The summed E-state index contributed by atoms with van der Waals surface area (Å²) in [7, 11) is 0. The second-order valence-electron chi connectivity index (χ2n) is 7.39. The Morgan fingerprint density at radius 3 is 1.52 bits per heavy atom. The molecule has 1 aliphatic rings. The second-order valence-corrected chi connectivity index (χ2v) is 8.20. The van der Waals surface area contributed by atoms with E-state index in [1.165, 1.54) is 0 Å². The molecule has 3 rings (SSSR count). The number of amides is 2.